The number of unbranched alkanes of at least 4 members (excludes halogenated alkanes) is 2. The zero-order chi connectivity index (χ0) is 11.7. The lowest BCUT2D eigenvalue weighted by atomic mass is 10.1. The molecule has 0 atom stereocenters. The molecule has 0 aliphatic heterocycles. The number of aliphatic hydroxyl groups is 2. The van der Waals surface area contributed by atoms with Crippen molar-refractivity contribution in [2.75, 3.05) is 13.7 Å². The van der Waals surface area contributed by atoms with Crippen molar-refractivity contribution in [2.45, 2.75) is 32.6 Å². The fraction of sp³-hybridized carbons (Fsp3) is 0.636. The highest BCUT2D eigenvalue weighted by atomic mass is 16.5. The number of hydrogen-bond acceptors (Lipinski definition) is 4. The minimum absolute atomic E-state index is 0.0517. The number of methoxy groups -OCH3 is 1. The molecule has 2 N–H and O–H groups in total. The highest BCUT2D eigenvalue weighted by molar-refractivity contribution is 5.87. The van der Waals surface area contributed by atoms with Crippen molar-refractivity contribution in [1.82, 2.24) is 0 Å². The Balaban J connectivity index is 4.11. The number of carbonyl (C=O) groups is 1. The summed E-state index contributed by atoms with van der Waals surface area (Å²) in [6, 6.07) is 0. The molecule has 0 aliphatic carbocycles. The van der Waals surface area contributed by atoms with Crippen LogP contribution in [0, 0.1) is 0 Å². The predicted molar refractivity (Wildman–Crippen MR) is 56.4 cm³/mol. The van der Waals surface area contributed by atoms with Gasteiger partial charge in [0, 0.05) is 13.0 Å². The zero-order valence-corrected chi connectivity index (χ0v) is 9.25. The highest BCUT2D eigenvalue weighted by Gasteiger charge is 2.02. The van der Waals surface area contributed by atoms with Gasteiger partial charge in [0.1, 0.15) is 5.76 Å². The molecule has 15 heavy (non-hydrogen) atoms. The van der Waals surface area contributed by atoms with Crippen LogP contribution in [0.1, 0.15) is 32.6 Å². The van der Waals surface area contributed by atoms with Crippen molar-refractivity contribution < 1.29 is 19.7 Å². The van der Waals surface area contributed by atoms with Crippen LogP contribution in [-0.2, 0) is 9.53 Å². The van der Waals surface area contributed by atoms with Crippen molar-refractivity contribution in [1.29, 1.82) is 0 Å². The first kappa shape index (κ1) is 13.8. The van der Waals surface area contributed by atoms with E-state index in [1.54, 1.807) is 0 Å². The first-order chi connectivity index (χ1) is 7.11. The van der Waals surface area contributed by atoms with Crippen LogP contribution in [0.25, 0.3) is 0 Å². The van der Waals surface area contributed by atoms with Gasteiger partial charge in [-0.25, -0.2) is 4.79 Å². The number of ether oxygens (including phenoxy) is 1. The molecule has 0 radical (unpaired) electrons. The fourth-order valence-electron chi connectivity index (χ4n) is 1.06. The Bertz CT molecular complexity index is 262. The minimum atomic E-state index is -0.489. The molecule has 0 aromatic heterocycles. The quantitative estimate of drug-likeness (QED) is 0.232. The fourth-order valence-corrected chi connectivity index (χ4v) is 1.06. The third-order valence-corrected chi connectivity index (χ3v) is 1.90. The molecule has 0 heterocycles. The second kappa shape index (κ2) is 8.09. The second-order valence-electron chi connectivity index (χ2n) is 3.22. The molecule has 4 heteroatoms. The van der Waals surface area contributed by atoms with Gasteiger partial charge in [0.15, 0.2) is 0 Å². The van der Waals surface area contributed by atoms with E-state index in [1.165, 1.54) is 14.0 Å². The highest BCUT2D eigenvalue weighted by Crippen LogP contribution is 2.06. The largest absolute Gasteiger partial charge is 0.505 e. The van der Waals surface area contributed by atoms with Crippen molar-refractivity contribution in [3.63, 3.8) is 0 Å². The molecule has 0 bridgehead atoms. The van der Waals surface area contributed by atoms with E-state index in [-0.39, 0.29) is 17.9 Å². The monoisotopic (exact) mass is 214 g/mol. The summed E-state index contributed by atoms with van der Waals surface area (Å²) in [6.45, 7) is 1.71. The Morgan fingerprint density at radius 1 is 1.33 bits per heavy atom. The normalized spacial score (nSPS) is 9.27. The Hall–Kier alpha value is -1.25. The van der Waals surface area contributed by atoms with Gasteiger partial charge in [-0.05, 0) is 19.8 Å². The van der Waals surface area contributed by atoms with Crippen molar-refractivity contribution in [3.05, 3.63) is 17.1 Å². The van der Waals surface area contributed by atoms with Gasteiger partial charge < -0.3 is 14.9 Å². The summed E-state index contributed by atoms with van der Waals surface area (Å²) >= 11 is 0. The van der Waals surface area contributed by atoms with Crippen molar-refractivity contribution in [2.24, 2.45) is 0 Å². The molecule has 0 aromatic rings. The lowest BCUT2D eigenvalue weighted by Crippen LogP contribution is -2.00. The van der Waals surface area contributed by atoms with E-state index in [4.69, 9.17) is 5.11 Å². The second-order valence-corrected chi connectivity index (χ2v) is 3.22. The molecule has 0 amide bonds. The number of rotatable bonds is 6. The third kappa shape index (κ3) is 6.77. The van der Waals surface area contributed by atoms with Gasteiger partial charge in [-0.1, -0.05) is 12.2 Å². The van der Waals surface area contributed by atoms with Crippen molar-refractivity contribution in [3.8, 4) is 0 Å². The maximum absolute atomic E-state index is 10.9. The van der Waals surface area contributed by atoms with E-state index in [9.17, 15) is 9.90 Å². The summed E-state index contributed by atoms with van der Waals surface area (Å²) in [4.78, 5) is 10.9. The van der Waals surface area contributed by atoms with Crippen LogP contribution >= 0.6 is 0 Å². The average Bonchev–Trinajstić information content (AvgIpc) is 2.23. The molecular weight excluding hydrogens is 196 g/mol. The Morgan fingerprint density at radius 2 is 2.00 bits per heavy atom. The van der Waals surface area contributed by atoms with Crippen LogP contribution in [0.3, 0.4) is 0 Å². The van der Waals surface area contributed by atoms with Gasteiger partial charge in [-0.3, -0.25) is 0 Å². The van der Waals surface area contributed by atoms with E-state index < -0.39 is 5.97 Å². The predicted octanol–water partition coefficient (Wildman–Crippen LogP) is 1.70. The first-order valence-electron chi connectivity index (χ1n) is 4.96. The molecule has 0 unspecified atom stereocenters. The summed E-state index contributed by atoms with van der Waals surface area (Å²) in [5, 5.41) is 17.9. The molecular formula is C11H18O4. The summed E-state index contributed by atoms with van der Waals surface area (Å²) < 4.78 is 4.46. The van der Waals surface area contributed by atoms with Gasteiger partial charge in [-0.15, -0.1) is 0 Å². The van der Waals surface area contributed by atoms with Crippen molar-refractivity contribution >= 4 is 5.97 Å². The molecule has 0 spiro atoms. The lowest BCUT2D eigenvalue weighted by Gasteiger charge is -1.98. The van der Waals surface area contributed by atoms with E-state index in [2.05, 4.69) is 10.5 Å². The van der Waals surface area contributed by atoms with Gasteiger partial charge in [0.25, 0.3) is 0 Å². The summed E-state index contributed by atoms with van der Waals surface area (Å²) in [6.07, 6.45) is 2.81. The van der Waals surface area contributed by atoms with E-state index in [0.717, 1.165) is 19.3 Å². The molecule has 0 saturated heterocycles. The summed E-state index contributed by atoms with van der Waals surface area (Å²) in [7, 11) is 1.28. The van der Waals surface area contributed by atoms with Crippen LogP contribution in [-0.4, -0.2) is 29.9 Å². The molecule has 0 aromatic carbocycles. The summed E-state index contributed by atoms with van der Waals surface area (Å²) in [5.74, 6) is -0.437. The van der Waals surface area contributed by atoms with Gasteiger partial charge in [-0.2, -0.15) is 0 Å². The SMILES string of the molecule is COC(=O)C(C)=C=C(O)CCCCCO. The molecule has 0 rings (SSSR count). The molecule has 86 valence electrons. The Morgan fingerprint density at radius 3 is 2.53 bits per heavy atom. The molecule has 0 fully saturated rings. The van der Waals surface area contributed by atoms with E-state index >= 15 is 0 Å². The molecule has 4 nitrogen and oxygen atoms in total. The standard InChI is InChI=1S/C11H18O4/c1-9(11(14)15-2)8-10(13)6-4-3-5-7-12/h12-13H,3-7H2,1-2H3. The first-order valence-corrected chi connectivity index (χ1v) is 4.96. The number of esters is 1. The van der Waals surface area contributed by atoms with Gasteiger partial charge >= 0.3 is 5.97 Å². The summed E-state index contributed by atoms with van der Waals surface area (Å²) in [5.41, 5.74) is 2.82. The minimum Gasteiger partial charge on any atom is -0.505 e. The Labute approximate surface area is 89.9 Å². The smallest absolute Gasteiger partial charge is 0.341 e. The average molecular weight is 214 g/mol. The Kier molecular flexibility index (Phi) is 7.42. The third-order valence-electron chi connectivity index (χ3n) is 1.90. The van der Waals surface area contributed by atoms with Crippen LogP contribution in [0.2, 0.25) is 0 Å². The maximum atomic E-state index is 10.9. The topological polar surface area (TPSA) is 66.8 Å². The maximum Gasteiger partial charge on any atom is 0.341 e. The van der Waals surface area contributed by atoms with E-state index in [1.807, 2.05) is 0 Å². The van der Waals surface area contributed by atoms with Gasteiger partial charge in [0.05, 0.1) is 12.7 Å². The molecule has 0 aliphatic rings. The number of aliphatic hydroxyl groups excluding tert-OH is 2. The molecule has 0 saturated carbocycles. The zero-order valence-electron chi connectivity index (χ0n) is 9.25. The van der Waals surface area contributed by atoms with Crippen LogP contribution < -0.4 is 0 Å². The number of carbonyl (C=O) groups excluding carboxylic acids is 1. The van der Waals surface area contributed by atoms with Gasteiger partial charge in [0.2, 0.25) is 0 Å². The van der Waals surface area contributed by atoms with E-state index in [0.29, 0.717) is 6.42 Å². The lowest BCUT2D eigenvalue weighted by molar-refractivity contribution is -0.136. The van der Waals surface area contributed by atoms with Crippen LogP contribution in [0.15, 0.2) is 17.1 Å². The van der Waals surface area contributed by atoms with Crippen LogP contribution in [0.4, 0.5) is 0 Å². The number of hydrogen-bond donors (Lipinski definition) is 2. The van der Waals surface area contributed by atoms with Crippen LogP contribution in [0.5, 0.6) is 0 Å².